The molecule has 2 spiro atoms. The van der Waals surface area contributed by atoms with Crippen LogP contribution < -0.4 is 20.9 Å². The number of hydrogen-bond donors (Lipinski definition) is 2. The maximum absolute atomic E-state index is 12.8. The van der Waals surface area contributed by atoms with Crippen LogP contribution in [0.1, 0.15) is 26.2 Å². The van der Waals surface area contributed by atoms with E-state index in [1.54, 1.807) is 12.4 Å². The molecular weight excluding hydrogens is 454 g/mol. The second kappa shape index (κ2) is 7.96. The fraction of sp³-hybridized carbons (Fsp3) is 0.565. The van der Waals surface area contributed by atoms with Crippen LogP contribution in [-0.2, 0) is 14.3 Å². The summed E-state index contributed by atoms with van der Waals surface area (Å²) in [5, 5.41) is 3.63. The van der Waals surface area contributed by atoms with Crippen LogP contribution in [0.2, 0.25) is 0 Å². The highest BCUT2D eigenvalue weighted by Crippen LogP contribution is 2.45. The molecule has 0 unspecified atom stereocenters. The third-order valence-electron chi connectivity index (χ3n) is 7.70. The summed E-state index contributed by atoms with van der Waals surface area (Å²) in [6.07, 6.45) is 7.22. The maximum Gasteiger partial charge on any atom is 0.255 e. The molecule has 0 radical (unpaired) electrons. The number of nitrogens with two attached hydrogens (primary N) is 1. The van der Waals surface area contributed by atoms with Crippen molar-refractivity contribution >= 4 is 40.8 Å². The van der Waals surface area contributed by atoms with Gasteiger partial charge in [0.2, 0.25) is 0 Å². The fourth-order valence-electron chi connectivity index (χ4n) is 5.42. The Morgan fingerprint density at radius 3 is 2.68 bits per heavy atom. The van der Waals surface area contributed by atoms with Gasteiger partial charge in [-0.15, -0.1) is 0 Å². The Morgan fingerprint density at radius 1 is 1.24 bits per heavy atom. The molecule has 34 heavy (non-hydrogen) atoms. The molecule has 2 aromatic heterocycles. The largest absolute Gasteiger partial charge is 0.381 e. The van der Waals surface area contributed by atoms with E-state index in [1.807, 2.05) is 18.0 Å². The van der Waals surface area contributed by atoms with Crippen molar-refractivity contribution in [3.8, 4) is 0 Å². The lowest BCUT2D eigenvalue weighted by molar-refractivity contribution is -0.138. The van der Waals surface area contributed by atoms with E-state index in [2.05, 4.69) is 32.1 Å². The number of nitrogens with one attached hydrogen (secondary N) is 1. The Labute approximate surface area is 202 Å². The first-order chi connectivity index (χ1) is 16.4. The molecule has 2 aromatic rings. The standard InChI is InChI=1S/C23H29N7O3S/c1-14-9-22(11-33-14)4-7-30(8-5-22)16-10-26-20(18(24)27-16)34-15-3-6-25-19-17(15)28-21(31)23(29(19)2)12-32-13-23/h3,6,10,14H,4-5,7-9,11-13H2,1-2H3,(H2,24,27)(H,28,31)/t14-/m0/s1. The number of nitrogens with zero attached hydrogens (tertiary/aromatic N) is 5. The van der Waals surface area contributed by atoms with Crippen molar-refractivity contribution in [1.82, 2.24) is 15.0 Å². The molecule has 10 nitrogen and oxygen atoms in total. The van der Waals surface area contributed by atoms with Gasteiger partial charge in [0.25, 0.3) is 5.91 Å². The van der Waals surface area contributed by atoms with Crippen LogP contribution in [0.25, 0.3) is 0 Å². The first-order valence-corrected chi connectivity index (χ1v) is 12.5. The first kappa shape index (κ1) is 21.9. The number of nitrogen functional groups attached to an aromatic ring is 1. The maximum atomic E-state index is 12.8. The number of amides is 1. The highest BCUT2D eigenvalue weighted by atomic mass is 32.2. The van der Waals surface area contributed by atoms with Crippen molar-refractivity contribution in [3.63, 3.8) is 0 Å². The molecule has 3 N–H and O–H groups in total. The van der Waals surface area contributed by atoms with Gasteiger partial charge in [-0.3, -0.25) is 4.79 Å². The molecule has 0 saturated carbocycles. The minimum Gasteiger partial charge on any atom is -0.381 e. The lowest BCUT2D eigenvalue weighted by Gasteiger charge is -2.49. The minimum absolute atomic E-state index is 0.0806. The van der Waals surface area contributed by atoms with E-state index in [-0.39, 0.29) is 5.91 Å². The summed E-state index contributed by atoms with van der Waals surface area (Å²) >= 11 is 1.38. The van der Waals surface area contributed by atoms with E-state index >= 15 is 0 Å². The molecule has 1 atom stereocenters. The molecule has 11 heteroatoms. The van der Waals surface area contributed by atoms with Crippen LogP contribution in [0.3, 0.4) is 0 Å². The molecule has 4 aliphatic heterocycles. The van der Waals surface area contributed by atoms with E-state index < -0.39 is 5.54 Å². The van der Waals surface area contributed by atoms with Gasteiger partial charge >= 0.3 is 0 Å². The molecule has 4 aliphatic rings. The summed E-state index contributed by atoms with van der Waals surface area (Å²) in [6, 6.07) is 1.86. The number of fused-ring (bicyclic) bond motifs is 1. The van der Waals surface area contributed by atoms with Gasteiger partial charge in [0.1, 0.15) is 10.8 Å². The van der Waals surface area contributed by atoms with E-state index in [0.717, 1.165) is 49.7 Å². The number of aromatic nitrogens is 3. The summed E-state index contributed by atoms with van der Waals surface area (Å²) in [4.78, 5) is 31.6. The number of carbonyl (C=O) groups is 1. The van der Waals surface area contributed by atoms with E-state index in [1.165, 1.54) is 11.8 Å². The molecule has 1 amide bonds. The van der Waals surface area contributed by atoms with Crippen molar-refractivity contribution in [2.24, 2.45) is 5.41 Å². The lowest BCUT2D eigenvalue weighted by atomic mass is 9.77. The number of pyridine rings is 1. The average molecular weight is 484 g/mol. The van der Waals surface area contributed by atoms with E-state index in [4.69, 9.17) is 15.2 Å². The van der Waals surface area contributed by atoms with Gasteiger partial charge in [-0.2, -0.15) is 0 Å². The molecule has 6 heterocycles. The van der Waals surface area contributed by atoms with Crippen molar-refractivity contribution in [2.75, 3.05) is 60.8 Å². The zero-order chi connectivity index (χ0) is 23.5. The van der Waals surface area contributed by atoms with Gasteiger partial charge in [0.05, 0.1) is 37.8 Å². The Bertz CT molecular complexity index is 1130. The lowest BCUT2D eigenvalue weighted by Crippen LogP contribution is -2.70. The van der Waals surface area contributed by atoms with Gasteiger partial charge < -0.3 is 30.3 Å². The molecular formula is C23H29N7O3S. The molecule has 0 aliphatic carbocycles. The zero-order valence-electron chi connectivity index (χ0n) is 19.4. The Hall–Kier alpha value is -2.63. The summed E-state index contributed by atoms with van der Waals surface area (Å²) in [6.45, 7) is 5.60. The van der Waals surface area contributed by atoms with Gasteiger partial charge in [0, 0.05) is 31.2 Å². The molecule has 6 rings (SSSR count). The fourth-order valence-corrected chi connectivity index (χ4v) is 6.26. The highest BCUT2D eigenvalue weighted by Gasteiger charge is 2.53. The topological polar surface area (TPSA) is 119 Å². The van der Waals surface area contributed by atoms with Crippen molar-refractivity contribution in [3.05, 3.63) is 18.5 Å². The third kappa shape index (κ3) is 3.40. The van der Waals surface area contributed by atoms with Crippen LogP contribution in [-0.4, -0.2) is 72.5 Å². The van der Waals surface area contributed by atoms with Crippen LogP contribution in [0.15, 0.2) is 28.4 Å². The summed E-state index contributed by atoms with van der Waals surface area (Å²) in [7, 11) is 1.88. The number of ether oxygens (including phenoxy) is 2. The Balaban J connectivity index is 1.19. The second-order valence-corrected chi connectivity index (χ2v) is 10.9. The van der Waals surface area contributed by atoms with Gasteiger partial charge in [-0.25, -0.2) is 15.0 Å². The van der Waals surface area contributed by atoms with Crippen LogP contribution in [0, 0.1) is 5.41 Å². The first-order valence-electron chi connectivity index (χ1n) is 11.7. The van der Waals surface area contributed by atoms with E-state index in [9.17, 15) is 4.79 Å². The molecule has 0 bridgehead atoms. The predicted molar refractivity (Wildman–Crippen MR) is 129 cm³/mol. The molecule has 0 aromatic carbocycles. The molecule has 3 saturated heterocycles. The highest BCUT2D eigenvalue weighted by molar-refractivity contribution is 7.99. The second-order valence-electron chi connectivity index (χ2n) is 9.88. The monoisotopic (exact) mass is 483 g/mol. The average Bonchev–Trinajstić information content (AvgIpc) is 3.15. The van der Waals surface area contributed by atoms with Crippen molar-refractivity contribution in [2.45, 2.75) is 47.8 Å². The van der Waals surface area contributed by atoms with E-state index in [0.29, 0.717) is 47.1 Å². The number of likely N-dealkylation sites (N-methyl/N-ethyl adjacent to an activating group) is 1. The zero-order valence-corrected chi connectivity index (χ0v) is 20.2. The smallest absolute Gasteiger partial charge is 0.255 e. The Kier molecular flexibility index (Phi) is 5.12. The predicted octanol–water partition coefficient (Wildman–Crippen LogP) is 2.16. The third-order valence-corrected chi connectivity index (χ3v) is 8.76. The van der Waals surface area contributed by atoms with Crippen molar-refractivity contribution < 1.29 is 14.3 Å². The van der Waals surface area contributed by atoms with Crippen molar-refractivity contribution in [1.29, 1.82) is 0 Å². The quantitative estimate of drug-likeness (QED) is 0.672. The number of carbonyl (C=O) groups excluding carboxylic acids is 1. The molecule has 3 fully saturated rings. The summed E-state index contributed by atoms with van der Waals surface area (Å²) < 4.78 is 11.2. The van der Waals surface area contributed by atoms with Crippen LogP contribution in [0.4, 0.5) is 23.1 Å². The SMILES string of the molecule is C[C@H]1CC2(CCN(c3cnc(Sc4ccnc5c4NC(=O)C4(COC4)N5C)c(N)n3)CC2)CO1. The van der Waals surface area contributed by atoms with Gasteiger partial charge in [0.15, 0.2) is 17.2 Å². The van der Waals surface area contributed by atoms with Crippen LogP contribution >= 0.6 is 11.8 Å². The summed E-state index contributed by atoms with van der Waals surface area (Å²) in [5.41, 5.74) is 6.64. The van der Waals surface area contributed by atoms with Gasteiger partial charge in [-0.1, -0.05) is 11.8 Å². The number of piperidine rings is 1. The number of anilines is 4. The Morgan fingerprint density at radius 2 is 2.03 bits per heavy atom. The normalized spacial score (nSPS) is 24.8. The number of rotatable bonds is 3. The minimum atomic E-state index is -0.681. The van der Waals surface area contributed by atoms with Crippen LogP contribution in [0.5, 0.6) is 0 Å². The summed E-state index contributed by atoms with van der Waals surface area (Å²) in [5.74, 6) is 1.82. The number of hydrogen-bond acceptors (Lipinski definition) is 10. The molecule has 180 valence electrons. The van der Waals surface area contributed by atoms with Gasteiger partial charge in [-0.05, 0) is 37.7 Å².